The van der Waals surface area contributed by atoms with E-state index in [9.17, 15) is 19.1 Å². The lowest BCUT2D eigenvalue weighted by Gasteiger charge is -2.42. The van der Waals surface area contributed by atoms with Crippen LogP contribution in [0.2, 0.25) is 0 Å². The fourth-order valence-corrected chi connectivity index (χ4v) is 2.28. The highest BCUT2D eigenvalue weighted by atomic mass is 19.1. The SMILES string of the molecule is C[C@@H](O)c1cc(F)ccc1N1CC(=O)NC(=O)C1(C)C. The first kappa shape index (κ1) is 14.5. The van der Waals surface area contributed by atoms with Crippen LogP contribution in [0.3, 0.4) is 0 Å². The number of imide groups is 1. The summed E-state index contributed by atoms with van der Waals surface area (Å²) in [6, 6.07) is 3.94. The molecular weight excluding hydrogens is 263 g/mol. The molecule has 108 valence electrons. The van der Waals surface area contributed by atoms with Crippen LogP contribution >= 0.6 is 0 Å². The van der Waals surface area contributed by atoms with Gasteiger partial charge in [-0.25, -0.2) is 4.39 Å². The minimum atomic E-state index is -0.963. The molecule has 20 heavy (non-hydrogen) atoms. The fourth-order valence-electron chi connectivity index (χ4n) is 2.28. The number of amides is 2. The molecule has 1 saturated heterocycles. The second kappa shape index (κ2) is 4.86. The highest BCUT2D eigenvalue weighted by Gasteiger charge is 2.41. The van der Waals surface area contributed by atoms with Crippen LogP contribution in [0.1, 0.15) is 32.4 Å². The Kier molecular flexibility index (Phi) is 3.52. The molecular formula is C14H17FN2O3. The summed E-state index contributed by atoms with van der Waals surface area (Å²) in [5, 5.41) is 12.1. The summed E-state index contributed by atoms with van der Waals surface area (Å²) in [4.78, 5) is 25.1. The zero-order valence-corrected chi connectivity index (χ0v) is 11.6. The number of piperazine rings is 1. The van der Waals surface area contributed by atoms with Crippen LogP contribution in [0, 0.1) is 5.82 Å². The van der Waals surface area contributed by atoms with Crippen LogP contribution < -0.4 is 10.2 Å². The standard InChI is InChI=1S/C14H17FN2O3/c1-8(18)10-6-9(15)4-5-11(10)17-7-12(19)16-13(20)14(17,2)3/h4-6,8,18H,7H2,1-3H3,(H,16,19,20)/t8-/m1/s1. The Hall–Kier alpha value is -1.95. The molecule has 5 nitrogen and oxygen atoms in total. The van der Waals surface area contributed by atoms with Crippen molar-refractivity contribution in [1.29, 1.82) is 0 Å². The van der Waals surface area contributed by atoms with E-state index in [-0.39, 0.29) is 6.54 Å². The number of rotatable bonds is 2. The van der Waals surface area contributed by atoms with Gasteiger partial charge in [-0.1, -0.05) is 0 Å². The average Bonchev–Trinajstić information content (AvgIpc) is 2.34. The Morgan fingerprint density at radius 3 is 2.65 bits per heavy atom. The summed E-state index contributed by atoms with van der Waals surface area (Å²) < 4.78 is 13.3. The Balaban J connectivity index is 2.54. The Bertz CT molecular complexity index is 570. The first-order valence-corrected chi connectivity index (χ1v) is 6.33. The molecule has 1 atom stereocenters. The number of hydrogen-bond donors (Lipinski definition) is 2. The van der Waals surface area contributed by atoms with E-state index in [4.69, 9.17) is 0 Å². The van der Waals surface area contributed by atoms with Gasteiger partial charge in [-0.05, 0) is 39.0 Å². The Morgan fingerprint density at radius 2 is 2.05 bits per heavy atom. The summed E-state index contributed by atoms with van der Waals surface area (Å²) in [6.45, 7) is 4.83. The molecule has 1 aliphatic rings. The summed E-state index contributed by atoms with van der Waals surface area (Å²) in [5.74, 6) is -1.32. The van der Waals surface area contributed by atoms with Crippen molar-refractivity contribution in [3.05, 3.63) is 29.6 Å². The van der Waals surface area contributed by atoms with Crippen molar-refractivity contribution >= 4 is 17.5 Å². The highest BCUT2D eigenvalue weighted by molar-refractivity contribution is 6.06. The van der Waals surface area contributed by atoms with Crippen LogP contribution in [0.25, 0.3) is 0 Å². The fraction of sp³-hybridized carbons (Fsp3) is 0.429. The van der Waals surface area contributed by atoms with E-state index < -0.39 is 29.3 Å². The van der Waals surface area contributed by atoms with E-state index in [0.717, 1.165) is 0 Å². The van der Waals surface area contributed by atoms with Crippen LogP contribution in [0.5, 0.6) is 0 Å². The predicted molar refractivity (Wildman–Crippen MR) is 71.6 cm³/mol. The second-order valence-electron chi connectivity index (χ2n) is 5.40. The minimum absolute atomic E-state index is 0.0237. The first-order valence-electron chi connectivity index (χ1n) is 6.33. The van der Waals surface area contributed by atoms with Crippen LogP contribution in [-0.2, 0) is 9.59 Å². The van der Waals surface area contributed by atoms with Gasteiger partial charge < -0.3 is 10.0 Å². The first-order chi connectivity index (χ1) is 9.23. The predicted octanol–water partition coefficient (Wildman–Crippen LogP) is 1.12. The van der Waals surface area contributed by atoms with E-state index in [1.54, 1.807) is 18.7 Å². The number of benzene rings is 1. The smallest absolute Gasteiger partial charge is 0.251 e. The molecule has 0 bridgehead atoms. The number of aliphatic hydroxyl groups excluding tert-OH is 1. The summed E-state index contributed by atoms with van der Waals surface area (Å²) in [5.41, 5.74) is -0.134. The molecule has 0 aliphatic carbocycles. The zero-order chi connectivity index (χ0) is 15.1. The maximum atomic E-state index is 13.3. The van der Waals surface area contributed by atoms with Crippen LogP contribution in [0.15, 0.2) is 18.2 Å². The molecule has 6 heteroatoms. The van der Waals surface area contributed by atoms with Gasteiger partial charge in [-0.15, -0.1) is 0 Å². The number of aliphatic hydroxyl groups is 1. The van der Waals surface area contributed by atoms with Crippen molar-refractivity contribution in [2.45, 2.75) is 32.4 Å². The molecule has 1 aromatic carbocycles. The molecule has 1 heterocycles. The molecule has 1 aliphatic heterocycles. The molecule has 1 aromatic rings. The molecule has 1 fully saturated rings. The Labute approximate surface area is 116 Å². The molecule has 2 N–H and O–H groups in total. The normalized spacial score (nSPS) is 19.8. The van der Waals surface area contributed by atoms with Crippen LogP contribution in [0.4, 0.5) is 10.1 Å². The van der Waals surface area contributed by atoms with E-state index in [2.05, 4.69) is 5.32 Å². The van der Waals surface area contributed by atoms with E-state index >= 15 is 0 Å². The number of halogens is 1. The van der Waals surface area contributed by atoms with Gasteiger partial charge in [0, 0.05) is 11.3 Å². The molecule has 0 radical (unpaired) electrons. The third kappa shape index (κ3) is 2.38. The average molecular weight is 280 g/mol. The maximum absolute atomic E-state index is 13.3. The lowest BCUT2D eigenvalue weighted by Crippen LogP contribution is -2.64. The zero-order valence-electron chi connectivity index (χ0n) is 11.6. The van der Waals surface area contributed by atoms with E-state index in [1.807, 2.05) is 0 Å². The molecule has 2 amide bonds. The van der Waals surface area contributed by atoms with Gasteiger partial charge in [-0.3, -0.25) is 14.9 Å². The topological polar surface area (TPSA) is 69.6 Å². The van der Waals surface area contributed by atoms with Gasteiger partial charge in [0.25, 0.3) is 5.91 Å². The van der Waals surface area contributed by atoms with Gasteiger partial charge in [0.1, 0.15) is 11.4 Å². The quantitative estimate of drug-likeness (QED) is 0.797. The van der Waals surface area contributed by atoms with Crippen molar-refractivity contribution < 1.29 is 19.1 Å². The molecule has 0 spiro atoms. The van der Waals surface area contributed by atoms with E-state index in [0.29, 0.717) is 11.3 Å². The number of carbonyl (C=O) groups excluding carboxylic acids is 2. The van der Waals surface area contributed by atoms with Gasteiger partial charge in [0.2, 0.25) is 5.91 Å². The third-order valence-corrected chi connectivity index (χ3v) is 3.52. The van der Waals surface area contributed by atoms with Crippen molar-refractivity contribution in [2.24, 2.45) is 0 Å². The van der Waals surface area contributed by atoms with Gasteiger partial charge >= 0.3 is 0 Å². The summed E-state index contributed by atoms with van der Waals surface area (Å²) in [6.07, 6.45) is -0.906. The monoisotopic (exact) mass is 280 g/mol. The lowest BCUT2D eigenvalue weighted by atomic mass is 9.95. The lowest BCUT2D eigenvalue weighted by molar-refractivity contribution is -0.135. The number of carbonyl (C=O) groups is 2. The summed E-state index contributed by atoms with van der Waals surface area (Å²) in [7, 11) is 0. The Morgan fingerprint density at radius 1 is 1.40 bits per heavy atom. The minimum Gasteiger partial charge on any atom is -0.389 e. The number of anilines is 1. The van der Waals surface area contributed by atoms with Crippen molar-refractivity contribution in [3.63, 3.8) is 0 Å². The van der Waals surface area contributed by atoms with Crippen molar-refractivity contribution in [2.75, 3.05) is 11.4 Å². The second-order valence-corrected chi connectivity index (χ2v) is 5.40. The van der Waals surface area contributed by atoms with Crippen LogP contribution in [-0.4, -0.2) is 29.0 Å². The third-order valence-electron chi connectivity index (χ3n) is 3.52. The number of hydrogen-bond acceptors (Lipinski definition) is 4. The van der Waals surface area contributed by atoms with E-state index in [1.165, 1.54) is 25.1 Å². The number of nitrogens with one attached hydrogen (secondary N) is 1. The number of nitrogens with zero attached hydrogens (tertiary/aromatic N) is 1. The van der Waals surface area contributed by atoms with Gasteiger partial charge in [0.15, 0.2) is 0 Å². The van der Waals surface area contributed by atoms with Crippen molar-refractivity contribution in [1.82, 2.24) is 5.32 Å². The largest absolute Gasteiger partial charge is 0.389 e. The summed E-state index contributed by atoms with van der Waals surface area (Å²) >= 11 is 0. The van der Waals surface area contributed by atoms with Gasteiger partial charge in [-0.2, -0.15) is 0 Å². The highest BCUT2D eigenvalue weighted by Crippen LogP contribution is 2.33. The van der Waals surface area contributed by atoms with Crippen molar-refractivity contribution in [3.8, 4) is 0 Å². The molecule has 0 saturated carbocycles. The van der Waals surface area contributed by atoms with Gasteiger partial charge in [0.05, 0.1) is 12.6 Å². The molecule has 0 aromatic heterocycles. The molecule has 2 rings (SSSR count). The molecule has 0 unspecified atom stereocenters. The maximum Gasteiger partial charge on any atom is 0.251 e.